The smallest absolute Gasteiger partial charge is 0.191 e. The Kier molecular flexibility index (Phi) is 5.22. The van der Waals surface area contributed by atoms with Gasteiger partial charge in [0.1, 0.15) is 24.0 Å². The number of aryl methyl sites for hydroxylation is 1. The van der Waals surface area contributed by atoms with E-state index in [0.717, 1.165) is 35.0 Å². The molecule has 1 aliphatic heterocycles. The van der Waals surface area contributed by atoms with Crippen molar-refractivity contribution in [3.8, 4) is 5.75 Å². The minimum atomic E-state index is 0.119. The highest BCUT2D eigenvalue weighted by Gasteiger charge is 2.22. The molecule has 1 aromatic carbocycles. The molecule has 1 atom stereocenters. The van der Waals surface area contributed by atoms with Crippen molar-refractivity contribution in [2.45, 2.75) is 12.5 Å². The van der Waals surface area contributed by atoms with Crippen LogP contribution in [0, 0.1) is 0 Å². The van der Waals surface area contributed by atoms with Crippen LogP contribution < -0.4 is 20.7 Å². The summed E-state index contributed by atoms with van der Waals surface area (Å²) >= 11 is 0. The van der Waals surface area contributed by atoms with Crippen LogP contribution in [0.2, 0.25) is 0 Å². The van der Waals surface area contributed by atoms with E-state index >= 15 is 0 Å². The lowest BCUT2D eigenvalue weighted by Crippen LogP contribution is -2.43. The zero-order valence-corrected chi connectivity index (χ0v) is 16.0. The van der Waals surface area contributed by atoms with Gasteiger partial charge in [0.15, 0.2) is 11.6 Å². The van der Waals surface area contributed by atoms with Crippen LogP contribution in [0.1, 0.15) is 5.56 Å². The summed E-state index contributed by atoms with van der Waals surface area (Å²) in [6.07, 6.45) is 4.34. The van der Waals surface area contributed by atoms with E-state index < -0.39 is 0 Å². The molecule has 0 bridgehead atoms. The first-order valence-corrected chi connectivity index (χ1v) is 9.30. The predicted molar refractivity (Wildman–Crippen MR) is 109 cm³/mol. The molecule has 3 heterocycles. The first-order chi connectivity index (χ1) is 13.7. The molecule has 3 aromatic rings. The second-order valence-electron chi connectivity index (χ2n) is 6.59. The maximum Gasteiger partial charge on any atom is 0.191 e. The van der Waals surface area contributed by atoms with Gasteiger partial charge in [-0.3, -0.25) is 9.67 Å². The van der Waals surface area contributed by atoms with Crippen molar-refractivity contribution in [2.24, 2.45) is 12.0 Å². The molecule has 0 aliphatic carbocycles. The van der Waals surface area contributed by atoms with E-state index in [2.05, 4.69) is 42.1 Å². The van der Waals surface area contributed by atoms with Gasteiger partial charge in [0.25, 0.3) is 0 Å². The summed E-state index contributed by atoms with van der Waals surface area (Å²) in [6.45, 7) is 2.08. The van der Waals surface area contributed by atoms with Gasteiger partial charge in [-0.2, -0.15) is 5.10 Å². The van der Waals surface area contributed by atoms with Crippen molar-refractivity contribution < 1.29 is 4.74 Å². The molecule has 0 fully saturated rings. The van der Waals surface area contributed by atoms with Gasteiger partial charge in [-0.15, -0.1) is 0 Å². The van der Waals surface area contributed by atoms with Gasteiger partial charge in [0.05, 0.1) is 18.1 Å². The van der Waals surface area contributed by atoms with Gasteiger partial charge in [0, 0.05) is 33.6 Å². The fourth-order valence-electron chi connectivity index (χ4n) is 3.26. The molecule has 0 saturated carbocycles. The molecule has 9 nitrogen and oxygen atoms in total. The second kappa shape index (κ2) is 8.12. The number of nitrogens with one attached hydrogen (secondary N) is 3. The largest absolute Gasteiger partial charge is 0.488 e. The zero-order chi connectivity index (χ0) is 19.3. The van der Waals surface area contributed by atoms with Crippen LogP contribution in [0.25, 0.3) is 11.0 Å². The summed E-state index contributed by atoms with van der Waals surface area (Å²) in [7, 11) is 3.62. The van der Waals surface area contributed by atoms with Crippen molar-refractivity contribution in [2.75, 3.05) is 32.0 Å². The Morgan fingerprint density at radius 3 is 3.00 bits per heavy atom. The van der Waals surface area contributed by atoms with E-state index in [0.29, 0.717) is 19.6 Å². The zero-order valence-electron chi connectivity index (χ0n) is 16.0. The van der Waals surface area contributed by atoms with Crippen LogP contribution in [-0.4, -0.2) is 58.5 Å². The fraction of sp³-hybridized carbons (Fsp3) is 0.368. The number of hydrogen-bond acceptors (Lipinski definition) is 6. The number of ether oxygens (including phenoxy) is 1. The minimum absolute atomic E-state index is 0.119. The van der Waals surface area contributed by atoms with Gasteiger partial charge < -0.3 is 20.7 Å². The summed E-state index contributed by atoms with van der Waals surface area (Å²) in [4.78, 5) is 12.8. The van der Waals surface area contributed by atoms with Crippen LogP contribution in [0.5, 0.6) is 5.75 Å². The van der Waals surface area contributed by atoms with Crippen LogP contribution in [0.4, 0.5) is 5.82 Å². The number of benzene rings is 1. The highest BCUT2D eigenvalue weighted by Crippen LogP contribution is 2.27. The Morgan fingerprint density at radius 1 is 1.25 bits per heavy atom. The maximum absolute atomic E-state index is 5.95. The molecule has 4 rings (SSSR count). The van der Waals surface area contributed by atoms with Crippen molar-refractivity contribution in [1.29, 1.82) is 0 Å². The average Bonchev–Trinajstić information content (AvgIpc) is 3.31. The van der Waals surface area contributed by atoms with Gasteiger partial charge in [0.2, 0.25) is 0 Å². The molecule has 28 heavy (non-hydrogen) atoms. The van der Waals surface area contributed by atoms with Crippen molar-refractivity contribution in [3.63, 3.8) is 0 Å². The molecule has 2 aromatic heterocycles. The van der Waals surface area contributed by atoms with Crippen molar-refractivity contribution >= 4 is 22.8 Å². The summed E-state index contributed by atoms with van der Waals surface area (Å²) in [5.41, 5.74) is 2.06. The molecular weight excluding hydrogens is 356 g/mol. The molecule has 0 saturated heterocycles. The molecule has 0 radical (unpaired) electrons. The molecular formula is C19H24N8O. The third kappa shape index (κ3) is 3.83. The number of fused-ring (bicyclic) bond motifs is 2. The third-order valence-electron chi connectivity index (χ3n) is 4.67. The molecule has 9 heteroatoms. The van der Waals surface area contributed by atoms with Crippen LogP contribution in [0.15, 0.2) is 41.8 Å². The summed E-state index contributed by atoms with van der Waals surface area (Å²) in [5, 5.41) is 15.1. The number of para-hydroxylation sites is 1. The molecule has 1 aliphatic rings. The van der Waals surface area contributed by atoms with E-state index in [1.54, 1.807) is 24.3 Å². The van der Waals surface area contributed by atoms with Crippen molar-refractivity contribution in [1.82, 2.24) is 30.4 Å². The van der Waals surface area contributed by atoms with Crippen LogP contribution in [0.3, 0.4) is 0 Å². The Morgan fingerprint density at radius 2 is 2.14 bits per heavy atom. The number of nitrogens with zero attached hydrogens (tertiary/aromatic N) is 5. The number of guanidine groups is 1. The topological polar surface area (TPSA) is 101 Å². The van der Waals surface area contributed by atoms with E-state index in [1.165, 1.54) is 5.56 Å². The summed E-state index contributed by atoms with van der Waals surface area (Å²) in [5.74, 6) is 2.50. The molecule has 146 valence electrons. The van der Waals surface area contributed by atoms with E-state index in [-0.39, 0.29) is 6.10 Å². The minimum Gasteiger partial charge on any atom is -0.488 e. The second-order valence-corrected chi connectivity index (χ2v) is 6.59. The molecule has 0 amide bonds. The Balaban J connectivity index is 1.22. The molecule has 3 N–H and O–H groups in total. The molecule has 0 spiro atoms. The highest BCUT2D eigenvalue weighted by molar-refractivity contribution is 5.86. The van der Waals surface area contributed by atoms with Gasteiger partial charge in [-0.25, -0.2) is 9.97 Å². The van der Waals surface area contributed by atoms with Crippen LogP contribution in [-0.2, 0) is 13.5 Å². The number of hydrogen-bond donors (Lipinski definition) is 3. The molecule has 1 unspecified atom stereocenters. The Hall–Kier alpha value is -3.36. The monoisotopic (exact) mass is 380 g/mol. The first kappa shape index (κ1) is 18.0. The number of anilines is 1. The SMILES string of the molecule is CN=C(NCCNc1ncnc2c1cnn2C)NCC1Cc2ccccc2O1. The Bertz CT molecular complexity index is 958. The van der Waals surface area contributed by atoms with E-state index in [1.807, 2.05) is 25.2 Å². The quantitative estimate of drug-likeness (QED) is 0.332. The number of aliphatic imine (C=N–C) groups is 1. The number of rotatable bonds is 6. The lowest BCUT2D eigenvalue weighted by atomic mass is 10.1. The standard InChI is InChI=1S/C19H24N8O/c1-20-19(23-10-14-9-13-5-3-4-6-16(13)28-14)22-8-7-21-17-15-11-26-27(2)18(15)25-12-24-17/h3-6,11-12,14H,7-10H2,1-2H3,(H2,20,22,23)(H,21,24,25). The lowest BCUT2D eigenvalue weighted by molar-refractivity contribution is 0.235. The average molecular weight is 380 g/mol. The van der Waals surface area contributed by atoms with Crippen molar-refractivity contribution in [3.05, 3.63) is 42.4 Å². The highest BCUT2D eigenvalue weighted by atomic mass is 16.5. The summed E-state index contributed by atoms with van der Waals surface area (Å²) in [6, 6.07) is 8.17. The fourth-order valence-corrected chi connectivity index (χ4v) is 3.26. The summed E-state index contributed by atoms with van der Waals surface area (Å²) < 4.78 is 7.68. The number of aromatic nitrogens is 4. The first-order valence-electron chi connectivity index (χ1n) is 9.30. The van der Waals surface area contributed by atoms with E-state index in [4.69, 9.17) is 4.74 Å². The Labute approximate surface area is 163 Å². The van der Waals surface area contributed by atoms with Gasteiger partial charge in [-0.1, -0.05) is 18.2 Å². The van der Waals surface area contributed by atoms with Crippen LogP contribution >= 0.6 is 0 Å². The van der Waals surface area contributed by atoms with E-state index in [9.17, 15) is 0 Å². The normalized spacial score (nSPS) is 15.9. The maximum atomic E-state index is 5.95. The van der Waals surface area contributed by atoms with Gasteiger partial charge in [-0.05, 0) is 11.6 Å². The third-order valence-corrected chi connectivity index (χ3v) is 4.67. The predicted octanol–water partition coefficient (Wildman–Crippen LogP) is 0.944. The lowest BCUT2D eigenvalue weighted by Gasteiger charge is -2.16. The van der Waals surface area contributed by atoms with Gasteiger partial charge >= 0.3 is 0 Å².